The van der Waals surface area contributed by atoms with Crippen LogP contribution in [0, 0.1) is 0 Å². The maximum atomic E-state index is 13.4. The molecule has 3 aromatic rings. The molecule has 41 heavy (non-hydrogen) atoms. The van der Waals surface area contributed by atoms with Crippen LogP contribution in [-0.4, -0.2) is 61.0 Å². The Morgan fingerprint density at radius 3 is 2.56 bits per heavy atom. The fraction of sp³-hybridized carbons (Fsp3) is 0.233. The molecule has 3 aromatic carbocycles. The van der Waals surface area contributed by atoms with Crippen molar-refractivity contribution in [3.63, 3.8) is 0 Å². The standard InChI is InChI=1S/C30H29ClN2O7S/c1-4-39-25-16-20(15-24(31)27(25)40-18-19-6-5-7-21(14-19)29(35)36)17-26-28(34)33(12-13-37-2)30(41-26)32-22-8-10-23(38-3)11-9-22/h5-11,14-17H,4,12-13,18H2,1-3H3,(H,35,36)/b26-17-,32-30?. The lowest BCUT2D eigenvalue weighted by atomic mass is 10.1. The topological polar surface area (TPSA) is 107 Å². The number of nitrogens with zero attached hydrogens (tertiary/aromatic N) is 2. The van der Waals surface area contributed by atoms with Gasteiger partial charge in [-0.25, -0.2) is 9.79 Å². The van der Waals surface area contributed by atoms with Crippen LogP contribution in [0.4, 0.5) is 5.69 Å². The number of benzene rings is 3. The SMILES string of the molecule is CCOc1cc(/C=C2\SC(=Nc3ccc(OC)cc3)N(CCOC)C2=O)cc(Cl)c1OCc1cccc(C(=O)O)c1. The lowest BCUT2D eigenvalue weighted by Gasteiger charge is -2.15. The van der Waals surface area contributed by atoms with Crippen molar-refractivity contribution in [2.24, 2.45) is 4.99 Å². The number of amides is 1. The monoisotopic (exact) mass is 596 g/mol. The van der Waals surface area contributed by atoms with E-state index in [9.17, 15) is 14.7 Å². The zero-order valence-corrected chi connectivity index (χ0v) is 24.3. The molecule has 1 heterocycles. The summed E-state index contributed by atoms with van der Waals surface area (Å²) in [6, 6.07) is 17.2. The first-order valence-corrected chi connectivity index (χ1v) is 13.9. The fourth-order valence-corrected chi connectivity index (χ4v) is 5.21. The van der Waals surface area contributed by atoms with Gasteiger partial charge >= 0.3 is 5.97 Å². The molecule has 0 radical (unpaired) electrons. The van der Waals surface area contributed by atoms with Gasteiger partial charge in [-0.05, 0) is 84.4 Å². The molecule has 1 fully saturated rings. The highest BCUT2D eigenvalue weighted by molar-refractivity contribution is 8.18. The van der Waals surface area contributed by atoms with Crippen LogP contribution in [0.1, 0.15) is 28.4 Å². The second-order valence-electron chi connectivity index (χ2n) is 8.71. The molecule has 11 heteroatoms. The van der Waals surface area contributed by atoms with E-state index in [1.165, 1.54) is 17.8 Å². The molecule has 0 aromatic heterocycles. The van der Waals surface area contributed by atoms with Gasteiger partial charge in [-0.2, -0.15) is 0 Å². The minimum Gasteiger partial charge on any atom is -0.497 e. The molecule has 0 unspecified atom stereocenters. The van der Waals surface area contributed by atoms with Crippen molar-refractivity contribution in [3.8, 4) is 17.2 Å². The molecule has 0 spiro atoms. The van der Waals surface area contributed by atoms with Crippen molar-refractivity contribution in [2.75, 3.05) is 34.0 Å². The van der Waals surface area contributed by atoms with Gasteiger partial charge in [0.25, 0.3) is 5.91 Å². The highest BCUT2D eigenvalue weighted by Gasteiger charge is 2.33. The molecule has 214 valence electrons. The normalized spacial score (nSPS) is 15.0. The predicted molar refractivity (Wildman–Crippen MR) is 160 cm³/mol. The first-order valence-electron chi connectivity index (χ1n) is 12.7. The average Bonchev–Trinajstić information content (AvgIpc) is 3.25. The van der Waals surface area contributed by atoms with E-state index >= 15 is 0 Å². The van der Waals surface area contributed by atoms with E-state index in [1.807, 2.05) is 19.1 Å². The molecule has 0 bridgehead atoms. The largest absolute Gasteiger partial charge is 0.497 e. The molecular formula is C30H29ClN2O7S. The summed E-state index contributed by atoms with van der Waals surface area (Å²) in [5, 5.41) is 10.1. The van der Waals surface area contributed by atoms with E-state index in [0.29, 0.717) is 63.9 Å². The van der Waals surface area contributed by atoms with Crippen LogP contribution < -0.4 is 14.2 Å². The number of aliphatic imine (C=N–C) groups is 1. The van der Waals surface area contributed by atoms with E-state index in [4.69, 9.17) is 30.5 Å². The van der Waals surface area contributed by atoms with Gasteiger partial charge in [0.15, 0.2) is 16.7 Å². The van der Waals surface area contributed by atoms with Crippen LogP contribution in [0.15, 0.2) is 70.6 Å². The van der Waals surface area contributed by atoms with E-state index in [-0.39, 0.29) is 23.1 Å². The number of carbonyl (C=O) groups is 2. The number of halogens is 1. The summed E-state index contributed by atoms with van der Waals surface area (Å²) in [7, 11) is 3.17. The third-order valence-electron chi connectivity index (χ3n) is 5.89. The van der Waals surface area contributed by atoms with Crippen LogP contribution in [0.2, 0.25) is 5.02 Å². The van der Waals surface area contributed by atoms with Crippen LogP contribution >= 0.6 is 23.4 Å². The molecule has 0 atom stereocenters. The predicted octanol–water partition coefficient (Wildman–Crippen LogP) is 6.27. The first-order chi connectivity index (χ1) is 19.8. The number of hydrogen-bond donors (Lipinski definition) is 1. The van der Waals surface area contributed by atoms with Gasteiger partial charge in [0, 0.05) is 7.11 Å². The number of aromatic carboxylic acids is 1. The molecular weight excluding hydrogens is 568 g/mol. The highest BCUT2D eigenvalue weighted by Crippen LogP contribution is 2.40. The Kier molecular flexibility index (Phi) is 10.3. The van der Waals surface area contributed by atoms with Crippen LogP contribution in [0.5, 0.6) is 17.2 Å². The smallest absolute Gasteiger partial charge is 0.335 e. The number of rotatable bonds is 12. The fourth-order valence-electron chi connectivity index (χ4n) is 3.91. The van der Waals surface area contributed by atoms with Crippen molar-refractivity contribution >= 4 is 52.2 Å². The lowest BCUT2D eigenvalue weighted by molar-refractivity contribution is -0.122. The minimum absolute atomic E-state index is 0.0926. The number of carbonyl (C=O) groups excluding carboxylic acids is 1. The lowest BCUT2D eigenvalue weighted by Crippen LogP contribution is -2.32. The summed E-state index contributed by atoms with van der Waals surface area (Å²) in [6.45, 7) is 2.98. The maximum absolute atomic E-state index is 13.4. The number of methoxy groups -OCH3 is 2. The van der Waals surface area contributed by atoms with E-state index in [0.717, 1.165) is 0 Å². The Hall–Kier alpha value is -3.99. The highest BCUT2D eigenvalue weighted by atomic mass is 35.5. The number of carboxylic acids is 1. The molecule has 0 aliphatic carbocycles. The summed E-state index contributed by atoms with van der Waals surface area (Å²) in [5.41, 5.74) is 2.16. The van der Waals surface area contributed by atoms with Gasteiger partial charge in [-0.3, -0.25) is 9.69 Å². The summed E-state index contributed by atoms with van der Waals surface area (Å²) in [4.78, 5) is 31.4. The van der Waals surface area contributed by atoms with Crippen LogP contribution in [0.3, 0.4) is 0 Å². The van der Waals surface area contributed by atoms with Crippen LogP contribution in [-0.2, 0) is 16.1 Å². The van der Waals surface area contributed by atoms with Gasteiger partial charge in [-0.15, -0.1) is 0 Å². The molecule has 1 N–H and O–H groups in total. The molecule has 9 nitrogen and oxygen atoms in total. The number of ether oxygens (including phenoxy) is 4. The Morgan fingerprint density at radius 1 is 1.10 bits per heavy atom. The quantitative estimate of drug-likeness (QED) is 0.244. The number of thioether (sulfide) groups is 1. The van der Waals surface area contributed by atoms with Crippen molar-refractivity contribution in [3.05, 3.63) is 87.3 Å². The van der Waals surface area contributed by atoms with Crippen molar-refractivity contribution in [2.45, 2.75) is 13.5 Å². The van der Waals surface area contributed by atoms with Crippen LogP contribution in [0.25, 0.3) is 6.08 Å². The van der Waals surface area contributed by atoms with Crippen molar-refractivity contribution in [1.82, 2.24) is 4.90 Å². The summed E-state index contributed by atoms with van der Waals surface area (Å²) >= 11 is 7.87. The maximum Gasteiger partial charge on any atom is 0.335 e. The minimum atomic E-state index is -1.02. The van der Waals surface area contributed by atoms with Gasteiger partial charge in [0.05, 0.1) is 48.0 Å². The van der Waals surface area contributed by atoms with Gasteiger partial charge in [-0.1, -0.05) is 23.7 Å². The molecule has 4 rings (SSSR count). The molecule has 1 aliphatic rings. The third kappa shape index (κ3) is 7.60. The first kappa shape index (κ1) is 30.0. The number of amidine groups is 1. The third-order valence-corrected chi connectivity index (χ3v) is 7.18. The molecule has 1 aliphatic heterocycles. The zero-order valence-electron chi connectivity index (χ0n) is 22.8. The second kappa shape index (κ2) is 14.1. The Bertz CT molecular complexity index is 1470. The molecule has 0 saturated carbocycles. The van der Waals surface area contributed by atoms with E-state index in [1.54, 1.807) is 67.7 Å². The van der Waals surface area contributed by atoms with Crippen molar-refractivity contribution < 1.29 is 33.6 Å². The zero-order chi connectivity index (χ0) is 29.4. The van der Waals surface area contributed by atoms with Gasteiger partial charge in [0.1, 0.15) is 12.4 Å². The van der Waals surface area contributed by atoms with E-state index in [2.05, 4.69) is 4.99 Å². The molecule has 1 amide bonds. The number of carboxylic acid groups (broad SMARTS) is 1. The van der Waals surface area contributed by atoms with Gasteiger partial charge < -0.3 is 24.1 Å². The Morgan fingerprint density at radius 2 is 1.88 bits per heavy atom. The number of hydrogen-bond acceptors (Lipinski definition) is 8. The van der Waals surface area contributed by atoms with Crippen molar-refractivity contribution in [1.29, 1.82) is 0 Å². The Labute approximate surface area is 247 Å². The second-order valence-corrected chi connectivity index (χ2v) is 10.1. The summed E-state index contributed by atoms with van der Waals surface area (Å²) in [5.74, 6) is 0.219. The summed E-state index contributed by atoms with van der Waals surface area (Å²) < 4.78 is 22.2. The average molecular weight is 597 g/mol. The summed E-state index contributed by atoms with van der Waals surface area (Å²) in [6.07, 6.45) is 1.73. The molecule has 1 saturated heterocycles. The van der Waals surface area contributed by atoms with Gasteiger partial charge in [0.2, 0.25) is 0 Å². The van der Waals surface area contributed by atoms with E-state index < -0.39 is 5.97 Å². The Balaban J connectivity index is 1.61.